The van der Waals surface area contributed by atoms with E-state index in [9.17, 15) is 4.55 Å². The van der Waals surface area contributed by atoms with Crippen LogP contribution in [0, 0.1) is 0 Å². The van der Waals surface area contributed by atoms with E-state index in [4.69, 9.17) is 0 Å². The molecule has 0 radical (unpaired) electrons. The van der Waals surface area contributed by atoms with Gasteiger partial charge in [0.15, 0.2) is 0 Å². The van der Waals surface area contributed by atoms with Crippen molar-refractivity contribution < 1.29 is 4.55 Å². The van der Waals surface area contributed by atoms with E-state index in [1.54, 1.807) is 12.5 Å². The lowest BCUT2D eigenvalue weighted by atomic mass is 10.3. The molecule has 0 aliphatic carbocycles. The van der Waals surface area contributed by atoms with Crippen LogP contribution < -0.4 is 4.72 Å². The van der Waals surface area contributed by atoms with Gasteiger partial charge in [-0.15, -0.1) is 4.72 Å². The number of rotatable bonds is 3. The van der Waals surface area contributed by atoms with Gasteiger partial charge in [-0.3, -0.25) is 0 Å². The van der Waals surface area contributed by atoms with Crippen LogP contribution in [-0.2, 0) is 18.0 Å². The lowest BCUT2D eigenvalue weighted by Crippen LogP contribution is -2.39. The lowest BCUT2D eigenvalue weighted by Gasteiger charge is -2.23. The Kier molecular flexibility index (Phi) is 3.35. The summed E-state index contributed by atoms with van der Waals surface area (Å²) in [5.74, 6) is 0. The quantitative estimate of drug-likeness (QED) is 0.739. The maximum absolute atomic E-state index is 11.5. The average Bonchev–Trinajstić information content (AvgIpc) is 2.50. The number of nitrogens with zero attached hydrogens (tertiary/aromatic N) is 2. The molecule has 1 rings (SSSR count). The standard InChI is InChI=1S/C8H15N3OS/c1-8(2,3)13(12)10-7-11-5-4-9-6-11/h4-6,10H,7H2,1-3H3. The van der Waals surface area contributed by atoms with Crippen molar-refractivity contribution in [2.75, 3.05) is 0 Å². The van der Waals surface area contributed by atoms with Crippen molar-refractivity contribution >= 4 is 11.4 Å². The van der Waals surface area contributed by atoms with Crippen molar-refractivity contribution in [3.05, 3.63) is 18.7 Å². The molecule has 1 atom stereocenters. The van der Waals surface area contributed by atoms with E-state index in [0.717, 1.165) is 0 Å². The molecule has 1 heterocycles. The number of nitrogens with one attached hydrogen (secondary N) is 1. The van der Waals surface area contributed by atoms with Gasteiger partial charge < -0.3 is 9.12 Å². The smallest absolute Gasteiger partial charge is 0.137 e. The fourth-order valence-electron chi connectivity index (χ4n) is 0.730. The Hall–Kier alpha value is -0.520. The first-order valence-corrected chi connectivity index (χ1v) is 5.26. The van der Waals surface area contributed by atoms with Crippen molar-refractivity contribution in [3.63, 3.8) is 0 Å². The summed E-state index contributed by atoms with van der Waals surface area (Å²) in [7, 11) is 0. The molecule has 0 saturated heterocycles. The monoisotopic (exact) mass is 201 g/mol. The second kappa shape index (κ2) is 4.13. The molecule has 5 heteroatoms. The Bertz CT molecular complexity index is 242. The van der Waals surface area contributed by atoms with Gasteiger partial charge in [0.05, 0.1) is 6.33 Å². The van der Waals surface area contributed by atoms with Gasteiger partial charge >= 0.3 is 0 Å². The number of hydrogen-bond acceptors (Lipinski definition) is 3. The zero-order valence-electron chi connectivity index (χ0n) is 8.15. The third-order valence-electron chi connectivity index (χ3n) is 1.49. The number of imidazole rings is 1. The Balaban J connectivity index is 2.35. The van der Waals surface area contributed by atoms with Gasteiger partial charge in [0.2, 0.25) is 0 Å². The summed E-state index contributed by atoms with van der Waals surface area (Å²) in [6, 6.07) is 0. The lowest BCUT2D eigenvalue weighted by molar-refractivity contribution is 0.528. The maximum Gasteiger partial charge on any atom is 0.137 e. The highest BCUT2D eigenvalue weighted by Crippen LogP contribution is 2.12. The van der Waals surface area contributed by atoms with E-state index in [0.29, 0.717) is 6.67 Å². The fraction of sp³-hybridized carbons (Fsp3) is 0.625. The van der Waals surface area contributed by atoms with E-state index < -0.39 is 11.4 Å². The topological polar surface area (TPSA) is 52.9 Å². The van der Waals surface area contributed by atoms with Crippen LogP contribution in [0.5, 0.6) is 0 Å². The summed E-state index contributed by atoms with van der Waals surface area (Å²) in [4.78, 5) is 3.89. The second-order valence-electron chi connectivity index (χ2n) is 3.76. The molecular weight excluding hydrogens is 186 g/mol. The molecule has 74 valence electrons. The summed E-state index contributed by atoms with van der Waals surface area (Å²) < 4.78 is 16.1. The molecule has 0 bridgehead atoms. The van der Waals surface area contributed by atoms with Crippen molar-refractivity contribution in [1.82, 2.24) is 14.3 Å². The molecular formula is C8H15N3OS. The largest absolute Gasteiger partial charge is 0.598 e. The van der Waals surface area contributed by atoms with Crippen LogP contribution >= 0.6 is 0 Å². The first-order valence-electron chi connectivity index (χ1n) is 4.11. The van der Waals surface area contributed by atoms with E-state index >= 15 is 0 Å². The van der Waals surface area contributed by atoms with Gasteiger partial charge in [-0.1, -0.05) is 0 Å². The SMILES string of the molecule is CC(C)(C)[S+]([O-])NCn1ccnc1. The average molecular weight is 201 g/mol. The van der Waals surface area contributed by atoms with Crippen LogP contribution in [0.1, 0.15) is 20.8 Å². The third-order valence-corrected chi connectivity index (χ3v) is 3.00. The molecule has 1 unspecified atom stereocenters. The second-order valence-corrected chi connectivity index (χ2v) is 5.81. The fourth-order valence-corrected chi connectivity index (χ4v) is 1.43. The molecule has 1 N–H and O–H groups in total. The Labute approximate surface area is 81.7 Å². The highest BCUT2D eigenvalue weighted by Gasteiger charge is 2.25. The van der Waals surface area contributed by atoms with Crippen LogP contribution in [0.4, 0.5) is 0 Å². The predicted octanol–water partition coefficient (Wildman–Crippen LogP) is 0.892. The minimum absolute atomic E-state index is 0.222. The van der Waals surface area contributed by atoms with Gasteiger partial charge in [0.1, 0.15) is 11.4 Å². The molecule has 0 spiro atoms. The number of aromatic nitrogens is 2. The Morgan fingerprint density at radius 3 is 2.69 bits per heavy atom. The molecule has 0 aromatic carbocycles. The van der Waals surface area contributed by atoms with Crippen LogP contribution in [0.15, 0.2) is 18.7 Å². The van der Waals surface area contributed by atoms with E-state index in [1.165, 1.54) is 0 Å². The first-order chi connectivity index (χ1) is 6.00. The highest BCUT2D eigenvalue weighted by molar-refractivity contribution is 7.90. The summed E-state index contributed by atoms with van der Waals surface area (Å²) in [5.41, 5.74) is 0. The van der Waals surface area contributed by atoms with Crippen molar-refractivity contribution in [3.8, 4) is 0 Å². The van der Waals surface area contributed by atoms with Gasteiger partial charge in [0.25, 0.3) is 0 Å². The van der Waals surface area contributed by atoms with Crippen molar-refractivity contribution in [2.24, 2.45) is 0 Å². The van der Waals surface area contributed by atoms with E-state index in [2.05, 4.69) is 9.71 Å². The van der Waals surface area contributed by atoms with Gasteiger partial charge in [0, 0.05) is 23.8 Å². The number of hydrogen-bond donors (Lipinski definition) is 1. The molecule has 1 aromatic heterocycles. The minimum atomic E-state index is -1.02. The van der Waals surface area contributed by atoms with Gasteiger partial charge in [-0.05, 0) is 20.8 Å². The normalized spacial score (nSPS) is 14.5. The maximum atomic E-state index is 11.5. The predicted molar refractivity (Wildman–Crippen MR) is 53.3 cm³/mol. The van der Waals surface area contributed by atoms with Crippen LogP contribution in [-0.4, -0.2) is 18.9 Å². The van der Waals surface area contributed by atoms with Gasteiger partial charge in [-0.25, -0.2) is 4.98 Å². The molecule has 0 fully saturated rings. The highest BCUT2D eigenvalue weighted by atomic mass is 32.2. The molecule has 0 saturated carbocycles. The molecule has 0 aliphatic heterocycles. The summed E-state index contributed by atoms with van der Waals surface area (Å²) in [5, 5.41) is 0. The van der Waals surface area contributed by atoms with Crippen LogP contribution in [0.3, 0.4) is 0 Å². The molecule has 0 amide bonds. The summed E-state index contributed by atoms with van der Waals surface area (Å²) in [6.45, 7) is 6.34. The van der Waals surface area contributed by atoms with Crippen molar-refractivity contribution in [1.29, 1.82) is 0 Å². The van der Waals surface area contributed by atoms with Crippen LogP contribution in [0.2, 0.25) is 0 Å². The minimum Gasteiger partial charge on any atom is -0.598 e. The molecule has 1 aromatic rings. The van der Waals surface area contributed by atoms with Crippen molar-refractivity contribution in [2.45, 2.75) is 32.2 Å². The Morgan fingerprint density at radius 2 is 2.23 bits per heavy atom. The molecule has 0 aliphatic rings. The Morgan fingerprint density at radius 1 is 1.54 bits per heavy atom. The molecule has 13 heavy (non-hydrogen) atoms. The third kappa shape index (κ3) is 3.38. The van der Waals surface area contributed by atoms with Gasteiger partial charge in [-0.2, -0.15) is 0 Å². The first kappa shape index (κ1) is 10.6. The van der Waals surface area contributed by atoms with E-state index in [-0.39, 0.29) is 4.75 Å². The summed E-state index contributed by atoms with van der Waals surface area (Å²) >= 11 is -1.02. The summed E-state index contributed by atoms with van der Waals surface area (Å²) in [6.07, 6.45) is 5.21. The van der Waals surface area contributed by atoms with Crippen LogP contribution in [0.25, 0.3) is 0 Å². The molecule has 4 nitrogen and oxygen atoms in total. The zero-order chi connectivity index (χ0) is 9.90. The van der Waals surface area contributed by atoms with E-state index in [1.807, 2.05) is 31.5 Å². The zero-order valence-corrected chi connectivity index (χ0v) is 8.97.